The quantitative estimate of drug-likeness (QED) is 0.874. The molecule has 0 heterocycles. The van der Waals surface area contributed by atoms with Gasteiger partial charge in [-0.05, 0) is 45.7 Å². The molecule has 0 spiro atoms. The van der Waals surface area contributed by atoms with E-state index in [2.05, 4.69) is 0 Å². The summed E-state index contributed by atoms with van der Waals surface area (Å²) in [5.41, 5.74) is 3.07. The van der Waals surface area contributed by atoms with E-state index in [1.54, 1.807) is 13.8 Å². The molecule has 1 amide bonds. The van der Waals surface area contributed by atoms with Crippen LogP contribution >= 0.6 is 0 Å². The Morgan fingerprint density at radius 2 is 1.71 bits per heavy atom. The van der Waals surface area contributed by atoms with Gasteiger partial charge in [-0.1, -0.05) is 17.7 Å². The van der Waals surface area contributed by atoms with Crippen LogP contribution in [0.4, 0.5) is 0 Å². The SMILES string of the molecule is Cc1cc(C)c(OCC(=O)N(CC(=O)O)C(C)C)c(C)c1. The molecule has 0 saturated heterocycles. The lowest BCUT2D eigenvalue weighted by atomic mass is 10.1. The van der Waals surface area contributed by atoms with Crippen molar-refractivity contribution in [3.05, 3.63) is 28.8 Å². The van der Waals surface area contributed by atoms with Crippen molar-refractivity contribution in [2.75, 3.05) is 13.2 Å². The van der Waals surface area contributed by atoms with Gasteiger partial charge in [0.05, 0.1) is 0 Å². The fourth-order valence-corrected chi connectivity index (χ4v) is 2.32. The van der Waals surface area contributed by atoms with Crippen LogP contribution in [0.15, 0.2) is 12.1 Å². The summed E-state index contributed by atoms with van der Waals surface area (Å²) in [6.07, 6.45) is 0. The molecule has 0 aromatic heterocycles. The summed E-state index contributed by atoms with van der Waals surface area (Å²) >= 11 is 0. The van der Waals surface area contributed by atoms with Gasteiger partial charge in [0, 0.05) is 6.04 Å². The number of carboxylic acids is 1. The molecule has 0 fully saturated rings. The van der Waals surface area contributed by atoms with Crippen LogP contribution in [-0.2, 0) is 9.59 Å². The monoisotopic (exact) mass is 293 g/mol. The number of nitrogens with zero attached hydrogens (tertiary/aromatic N) is 1. The van der Waals surface area contributed by atoms with Crippen molar-refractivity contribution in [1.29, 1.82) is 0 Å². The number of hydrogen-bond acceptors (Lipinski definition) is 3. The Balaban J connectivity index is 2.78. The lowest BCUT2D eigenvalue weighted by Crippen LogP contribution is -2.43. The van der Waals surface area contributed by atoms with E-state index >= 15 is 0 Å². The van der Waals surface area contributed by atoms with Gasteiger partial charge in [-0.25, -0.2) is 0 Å². The Hall–Kier alpha value is -2.04. The Morgan fingerprint density at radius 3 is 2.14 bits per heavy atom. The van der Waals surface area contributed by atoms with Gasteiger partial charge in [-0.3, -0.25) is 9.59 Å². The van der Waals surface area contributed by atoms with E-state index in [9.17, 15) is 9.59 Å². The van der Waals surface area contributed by atoms with E-state index in [1.165, 1.54) is 4.90 Å². The lowest BCUT2D eigenvalue weighted by Gasteiger charge is -2.25. The van der Waals surface area contributed by atoms with Gasteiger partial charge in [0.2, 0.25) is 0 Å². The number of carboxylic acid groups (broad SMARTS) is 1. The molecule has 1 rings (SSSR count). The number of rotatable bonds is 6. The van der Waals surface area contributed by atoms with Gasteiger partial charge < -0.3 is 14.7 Å². The molecule has 0 atom stereocenters. The van der Waals surface area contributed by atoms with E-state index in [0.717, 1.165) is 16.7 Å². The summed E-state index contributed by atoms with van der Waals surface area (Å²) < 4.78 is 5.61. The van der Waals surface area contributed by atoms with E-state index in [-0.39, 0.29) is 25.1 Å². The van der Waals surface area contributed by atoms with Crippen LogP contribution in [0.2, 0.25) is 0 Å². The minimum Gasteiger partial charge on any atom is -0.483 e. The van der Waals surface area contributed by atoms with Crippen LogP contribution in [0.5, 0.6) is 5.75 Å². The molecule has 5 nitrogen and oxygen atoms in total. The number of aliphatic carboxylic acids is 1. The van der Waals surface area contributed by atoms with Crippen LogP contribution in [0.25, 0.3) is 0 Å². The maximum absolute atomic E-state index is 12.1. The second-order valence-corrected chi connectivity index (χ2v) is 5.53. The third kappa shape index (κ3) is 4.77. The van der Waals surface area contributed by atoms with E-state index in [1.807, 2.05) is 32.9 Å². The van der Waals surface area contributed by atoms with Gasteiger partial charge in [-0.2, -0.15) is 0 Å². The third-order valence-electron chi connectivity index (χ3n) is 3.19. The highest BCUT2D eigenvalue weighted by Gasteiger charge is 2.20. The van der Waals surface area contributed by atoms with Gasteiger partial charge in [0.15, 0.2) is 6.61 Å². The highest BCUT2D eigenvalue weighted by molar-refractivity contribution is 5.82. The van der Waals surface area contributed by atoms with Crippen LogP contribution in [0, 0.1) is 20.8 Å². The van der Waals surface area contributed by atoms with E-state index < -0.39 is 5.97 Å². The van der Waals surface area contributed by atoms with Gasteiger partial charge in [0.1, 0.15) is 12.3 Å². The van der Waals surface area contributed by atoms with Gasteiger partial charge in [-0.15, -0.1) is 0 Å². The average molecular weight is 293 g/mol. The molecule has 0 unspecified atom stereocenters. The molecule has 0 radical (unpaired) electrons. The fraction of sp³-hybridized carbons (Fsp3) is 0.500. The molecule has 21 heavy (non-hydrogen) atoms. The first-order valence-corrected chi connectivity index (χ1v) is 6.94. The highest BCUT2D eigenvalue weighted by atomic mass is 16.5. The molecular formula is C16H23NO4. The second-order valence-electron chi connectivity index (χ2n) is 5.53. The molecule has 116 valence electrons. The Morgan fingerprint density at radius 1 is 1.19 bits per heavy atom. The first kappa shape index (κ1) is 17.0. The Labute approximate surface area is 125 Å². The molecular weight excluding hydrogens is 270 g/mol. The molecule has 0 bridgehead atoms. The Bertz CT molecular complexity index is 514. The van der Waals surface area contributed by atoms with Crippen LogP contribution in [0.1, 0.15) is 30.5 Å². The zero-order valence-corrected chi connectivity index (χ0v) is 13.3. The number of aryl methyl sites for hydroxylation is 3. The summed E-state index contributed by atoms with van der Waals surface area (Å²) in [7, 11) is 0. The summed E-state index contributed by atoms with van der Waals surface area (Å²) in [4.78, 5) is 24.2. The number of benzene rings is 1. The van der Waals surface area contributed by atoms with E-state index in [4.69, 9.17) is 9.84 Å². The van der Waals surface area contributed by atoms with Gasteiger partial charge in [0.25, 0.3) is 5.91 Å². The number of carbonyl (C=O) groups excluding carboxylic acids is 1. The van der Waals surface area contributed by atoms with Crippen molar-refractivity contribution in [3.63, 3.8) is 0 Å². The Kier molecular flexibility index (Phi) is 5.76. The molecule has 1 N–H and O–H groups in total. The van der Waals surface area contributed by atoms with Crippen molar-refractivity contribution < 1.29 is 19.4 Å². The predicted molar refractivity (Wildman–Crippen MR) is 80.6 cm³/mol. The maximum Gasteiger partial charge on any atom is 0.323 e. The zero-order chi connectivity index (χ0) is 16.2. The maximum atomic E-state index is 12.1. The number of carbonyl (C=O) groups is 2. The first-order chi connectivity index (χ1) is 9.72. The molecule has 1 aromatic rings. The zero-order valence-electron chi connectivity index (χ0n) is 13.3. The van der Waals surface area contributed by atoms with Gasteiger partial charge >= 0.3 is 5.97 Å². The molecule has 0 aliphatic rings. The summed E-state index contributed by atoms with van der Waals surface area (Å²) in [5.74, 6) is -0.667. The summed E-state index contributed by atoms with van der Waals surface area (Å²) in [5, 5.41) is 8.85. The van der Waals surface area contributed by atoms with Crippen LogP contribution < -0.4 is 4.74 Å². The van der Waals surface area contributed by atoms with Crippen LogP contribution in [0.3, 0.4) is 0 Å². The largest absolute Gasteiger partial charge is 0.483 e. The minimum atomic E-state index is -1.03. The second kappa shape index (κ2) is 7.11. The van der Waals surface area contributed by atoms with Crippen molar-refractivity contribution in [1.82, 2.24) is 4.90 Å². The minimum absolute atomic E-state index is 0.157. The van der Waals surface area contributed by atoms with Crippen LogP contribution in [-0.4, -0.2) is 41.1 Å². The summed E-state index contributed by atoms with van der Waals surface area (Å²) in [6.45, 7) is 8.95. The standard InChI is InChI=1S/C16H23NO4/c1-10(2)17(8-15(19)20)14(18)9-21-16-12(4)6-11(3)7-13(16)5/h6-7,10H,8-9H2,1-5H3,(H,19,20). The predicted octanol–water partition coefficient (Wildman–Crippen LogP) is 2.31. The molecule has 5 heteroatoms. The van der Waals surface area contributed by atoms with Crippen molar-refractivity contribution in [2.45, 2.75) is 40.7 Å². The molecule has 0 saturated carbocycles. The number of ether oxygens (including phenoxy) is 1. The fourth-order valence-electron chi connectivity index (χ4n) is 2.32. The number of hydrogen-bond donors (Lipinski definition) is 1. The smallest absolute Gasteiger partial charge is 0.323 e. The third-order valence-corrected chi connectivity index (χ3v) is 3.19. The molecule has 0 aliphatic heterocycles. The molecule has 1 aromatic carbocycles. The average Bonchev–Trinajstić information content (AvgIpc) is 2.33. The number of amides is 1. The molecule has 0 aliphatic carbocycles. The highest BCUT2D eigenvalue weighted by Crippen LogP contribution is 2.24. The summed E-state index contributed by atoms with van der Waals surface area (Å²) in [6, 6.07) is 3.80. The topological polar surface area (TPSA) is 66.8 Å². The van der Waals surface area contributed by atoms with Crippen molar-refractivity contribution in [3.8, 4) is 5.75 Å². The van der Waals surface area contributed by atoms with Crippen molar-refractivity contribution >= 4 is 11.9 Å². The van der Waals surface area contributed by atoms with E-state index in [0.29, 0.717) is 5.75 Å². The first-order valence-electron chi connectivity index (χ1n) is 6.94. The normalized spacial score (nSPS) is 10.6. The lowest BCUT2D eigenvalue weighted by molar-refractivity contribution is -0.146. The van der Waals surface area contributed by atoms with Crippen molar-refractivity contribution in [2.24, 2.45) is 0 Å².